The van der Waals surface area contributed by atoms with Crippen molar-refractivity contribution in [2.75, 3.05) is 32.8 Å². The minimum atomic E-state index is -0.161. The molecule has 0 radical (unpaired) electrons. The molecule has 1 aromatic rings. The fourth-order valence-electron chi connectivity index (χ4n) is 4.25. The highest BCUT2D eigenvalue weighted by Crippen LogP contribution is 2.31. The zero-order chi connectivity index (χ0) is 17.2. The molecule has 1 aromatic carbocycles. The Labute approximate surface area is 148 Å². The summed E-state index contributed by atoms with van der Waals surface area (Å²) in [4.78, 5) is 15.2. The van der Waals surface area contributed by atoms with Gasteiger partial charge in [-0.15, -0.1) is 0 Å². The molecule has 0 bridgehead atoms. The molecule has 0 aromatic heterocycles. The van der Waals surface area contributed by atoms with Gasteiger partial charge in [-0.1, -0.05) is 18.2 Å². The molecule has 3 aliphatic heterocycles. The molecule has 1 amide bonds. The van der Waals surface area contributed by atoms with E-state index in [0.29, 0.717) is 18.8 Å². The molecular formula is C19H27N3O3. The Bertz CT molecular complexity index is 624. The summed E-state index contributed by atoms with van der Waals surface area (Å²) in [7, 11) is 0. The molecule has 0 spiro atoms. The molecule has 2 N–H and O–H groups in total. The van der Waals surface area contributed by atoms with E-state index in [4.69, 9.17) is 9.47 Å². The number of carbonyl (C=O) groups excluding carboxylic acids is 1. The molecule has 3 unspecified atom stereocenters. The maximum Gasteiger partial charge on any atom is 0.238 e. The fraction of sp³-hybridized carbons (Fsp3) is 0.632. The van der Waals surface area contributed by atoms with Gasteiger partial charge in [-0.2, -0.15) is 0 Å². The number of carbonyl (C=O) groups is 1. The van der Waals surface area contributed by atoms with Gasteiger partial charge < -0.3 is 20.1 Å². The summed E-state index contributed by atoms with van der Waals surface area (Å²) in [5, 5.41) is 6.65. The van der Waals surface area contributed by atoms with Crippen molar-refractivity contribution in [2.24, 2.45) is 0 Å². The van der Waals surface area contributed by atoms with Crippen LogP contribution in [0.5, 0.6) is 5.75 Å². The van der Waals surface area contributed by atoms with E-state index in [1.54, 1.807) is 0 Å². The van der Waals surface area contributed by atoms with E-state index >= 15 is 0 Å². The van der Waals surface area contributed by atoms with Crippen molar-refractivity contribution in [3.8, 4) is 5.75 Å². The predicted molar refractivity (Wildman–Crippen MR) is 94.6 cm³/mol. The van der Waals surface area contributed by atoms with Crippen LogP contribution in [0.25, 0.3) is 0 Å². The van der Waals surface area contributed by atoms with Gasteiger partial charge in [0.1, 0.15) is 5.75 Å². The number of amides is 1. The van der Waals surface area contributed by atoms with E-state index in [9.17, 15) is 4.79 Å². The number of ether oxygens (including phenoxy) is 2. The Morgan fingerprint density at radius 3 is 3.16 bits per heavy atom. The van der Waals surface area contributed by atoms with Crippen LogP contribution in [0.2, 0.25) is 0 Å². The Morgan fingerprint density at radius 2 is 2.28 bits per heavy atom. The van der Waals surface area contributed by atoms with Crippen LogP contribution in [0.4, 0.5) is 0 Å². The second-order valence-corrected chi connectivity index (χ2v) is 7.12. The van der Waals surface area contributed by atoms with Crippen molar-refractivity contribution in [2.45, 2.75) is 44.0 Å². The van der Waals surface area contributed by atoms with Crippen LogP contribution < -0.4 is 15.4 Å². The van der Waals surface area contributed by atoms with Crippen LogP contribution in [0.15, 0.2) is 24.3 Å². The molecule has 3 heterocycles. The molecule has 3 aliphatic rings. The number of benzene rings is 1. The average Bonchev–Trinajstić information content (AvgIpc) is 3.04. The number of hydrogen-bond donors (Lipinski definition) is 2. The smallest absolute Gasteiger partial charge is 0.238 e. The highest BCUT2D eigenvalue weighted by Gasteiger charge is 2.39. The number of rotatable bonds is 4. The van der Waals surface area contributed by atoms with Gasteiger partial charge in [-0.3, -0.25) is 9.69 Å². The highest BCUT2D eigenvalue weighted by molar-refractivity contribution is 5.82. The maximum atomic E-state index is 12.8. The molecule has 2 saturated heterocycles. The molecule has 25 heavy (non-hydrogen) atoms. The number of nitrogens with one attached hydrogen (secondary N) is 2. The summed E-state index contributed by atoms with van der Waals surface area (Å²) in [5.41, 5.74) is 1.08. The first kappa shape index (κ1) is 16.8. The van der Waals surface area contributed by atoms with Crippen LogP contribution in [-0.2, 0) is 9.53 Å². The summed E-state index contributed by atoms with van der Waals surface area (Å²) in [5.74, 6) is 0.967. The van der Waals surface area contributed by atoms with E-state index < -0.39 is 0 Å². The van der Waals surface area contributed by atoms with Crippen LogP contribution >= 0.6 is 0 Å². The third-order valence-electron chi connectivity index (χ3n) is 5.50. The van der Waals surface area contributed by atoms with Crippen molar-refractivity contribution in [3.63, 3.8) is 0 Å². The summed E-state index contributed by atoms with van der Waals surface area (Å²) < 4.78 is 11.5. The molecule has 136 valence electrons. The molecular weight excluding hydrogens is 318 g/mol. The zero-order valence-electron chi connectivity index (χ0n) is 14.7. The van der Waals surface area contributed by atoms with Crippen molar-refractivity contribution in [1.29, 1.82) is 0 Å². The second-order valence-electron chi connectivity index (χ2n) is 7.12. The number of nitrogens with zero attached hydrogens (tertiary/aromatic N) is 1. The van der Waals surface area contributed by atoms with Crippen LogP contribution in [0, 0.1) is 0 Å². The lowest BCUT2D eigenvalue weighted by Crippen LogP contribution is -2.59. The molecule has 4 atom stereocenters. The number of piperazine rings is 1. The molecule has 4 rings (SSSR count). The van der Waals surface area contributed by atoms with Gasteiger partial charge in [0.15, 0.2) is 0 Å². The predicted octanol–water partition coefficient (Wildman–Crippen LogP) is 1.08. The van der Waals surface area contributed by atoms with E-state index in [1.807, 2.05) is 31.2 Å². The Balaban J connectivity index is 1.37. The number of hydrogen-bond acceptors (Lipinski definition) is 5. The van der Waals surface area contributed by atoms with Crippen LogP contribution in [-0.4, -0.2) is 61.8 Å². The van der Waals surface area contributed by atoms with Crippen molar-refractivity contribution in [3.05, 3.63) is 29.8 Å². The molecule has 0 aliphatic carbocycles. The zero-order valence-corrected chi connectivity index (χ0v) is 14.7. The summed E-state index contributed by atoms with van der Waals surface area (Å²) in [6.45, 7) is 5.98. The SMILES string of the molecule is CCOC1CC2CNC(C(=O)N[C@@H]3CCOc4ccccc43)CN2C1. The Morgan fingerprint density at radius 1 is 1.40 bits per heavy atom. The van der Waals surface area contributed by atoms with Gasteiger partial charge in [0, 0.05) is 44.3 Å². The van der Waals surface area contributed by atoms with E-state index in [0.717, 1.165) is 50.4 Å². The Kier molecular flexibility index (Phi) is 4.92. The van der Waals surface area contributed by atoms with Crippen LogP contribution in [0.1, 0.15) is 31.4 Å². The highest BCUT2D eigenvalue weighted by atomic mass is 16.5. The lowest BCUT2D eigenvalue weighted by Gasteiger charge is -2.36. The van der Waals surface area contributed by atoms with Gasteiger partial charge in [-0.25, -0.2) is 0 Å². The lowest BCUT2D eigenvalue weighted by atomic mass is 10.00. The van der Waals surface area contributed by atoms with Crippen LogP contribution in [0.3, 0.4) is 0 Å². The largest absolute Gasteiger partial charge is 0.493 e. The third kappa shape index (κ3) is 3.52. The summed E-state index contributed by atoms with van der Waals surface area (Å²) >= 11 is 0. The molecule has 6 heteroatoms. The number of para-hydroxylation sites is 1. The molecule has 6 nitrogen and oxygen atoms in total. The first-order chi connectivity index (χ1) is 12.2. The first-order valence-electron chi connectivity index (χ1n) is 9.35. The quantitative estimate of drug-likeness (QED) is 0.855. The third-order valence-corrected chi connectivity index (χ3v) is 5.50. The van der Waals surface area contributed by atoms with Gasteiger partial charge >= 0.3 is 0 Å². The summed E-state index contributed by atoms with van der Waals surface area (Å²) in [6, 6.07) is 8.33. The minimum absolute atomic E-state index is 0.0340. The van der Waals surface area contributed by atoms with Gasteiger partial charge in [0.25, 0.3) is 0 Å². The van der Waals surface area contributed by atoms with Gasteiger partial charge in [0.05, 0.1) is 24.8 Å². The standard InChI is InChI=1S/C19H27N3O3/c1-2-24-14-9-13-10-20-17(12-22(13)11-14)19(23)21-16-7-8-25-18-6-4-3-5-15(16)18/h3-6,13-14,16-17,20H,2,7-12H2,1H3,(H,21,23)/t13?,14?,16-,17?/m1/s1. The normalized spacial score (nSPS) is 31.7. The number of fused-ring (bicyclic) bond motifs is 2. The second kappa shape index (κ2) is 7.32. The fourth-order valence-corrected chi connectivity index (χ4v) is 4.25. The first-order valence-corrected chi connectivity index (χ1v) is 9.35. The Hall–Kier alpha value is -1.63. The lowest BCUT2D eigenvalue weighted by molar-refractivity contribution is -0.125. The average molecular weight is 345 g/mol. The maximum absolute atomic E-state index is 12.8. The molecule has 2 fully saturated rings. The topological polar surface area (TPSA) is 62.8 Å². The van der Waals surface area contributed by atoms with E-state index in [-0.39, 0.29) is 18.0 Å². The van der Waals surface area contributed by atoms with Gasteiger partial charge in [-0.05, 0) is 19.4 Å². The van der Waals surface area contributed by atoms with Crippen molar-refractivity contribution < 1.29 is 14.3 Å². The van der Waals surface area contributed by atoms with Crippen molar-refractivity contribution >= 4 is 5.91 Å². The molecule has 0 saturated carbocycles. The van der Waals surface area contributed by atoms with Crippen molar-refractivity contribution in [1.82, 2.24) is 15.5 Å². The minimum Gasteiger partial charge on any atom is -0.493 e. The van der Waals surface area contributed by atoms with E-state index in [1.165, 1.54) is 0 Å². The monoisotopic (exact) mass is 345 g/mol. The summed E-state index contributed by atoms with van der Waals surface area (Å²) in [6.07, 6.45) is 2.18. The van der Waals surface area contributed by atoms with Gasteiger partial charge in [0.2, 0.25) is 5.91 Å². The van der Waals surface area contributed by atoms with E-state index in [2.05, 4.69) is 15.5 Å².